The Morgan fingerprint density at radius 2 is 2.22 bits per heavy atom. The first-order valence-corrected chi connectivity index (χ1v) is 7.02. The molecule has 0 unspecified atom stereocenters. The largest absolute Gasteiger partial charge is 0.489 e. The molecule has 0 bridgehead atoms. The minimum Gasteiger partial charge on any atom is -0.489 e. The summed E-state index contributed by atoms with van der Waals surface area (Å²) < 4.78 is 5.63. The standard InChI is InChI=1S/C15H13ClN4O3/c1-8(2)23-12-5-9(14(21)22)3-4-11(12)19-13-10(6-17)7-18-15(16)20-13/h3-5,7-8H,1-2H3,(H,21,22)(H,18,19,20). The molecule has 0 aliphatic rings. The van der Waals surface area contributed by atoms with Gasteiger partial charge in [0, 0.05) is 0 Å². The molecule has 2 N–H and O–H groups in total. The Hall–Kier alpha value is -2.85. The van der Waals surface area contributed by atoms with Crippen LogP contribution in [0, 0.1) is 11.3 Å². The summed E-state index contributed by atoms with van der Waals surface area (Å²) in [4.78, 5) is 18.8. The van der Waals surface area contributed by atoms with Crippen LogP contribution in [-0.4, -0.2) is 27.1 Å². The molecule has 0 fully saturated rings. The van der Waals surface area contributed by atoms with Crippen molar-refractivity contribution in [3.05, 3.63) is 40.8 Å². The number of carbonyl (C=O) groups is 1. The number of nitrogens with zero attached hydrogens (tertiary/aromatic N) is 3. The van der Waals surface area contributed by atoms with Crippen molar-refractivity contribution in [3.63, 3.8) is 0 Å². The highest BCUT2D eigenvalue weighted by atomic mass is 35.5. The lowest BCUT2D eigenvalue weighted by Crippen LogP contribution is -2.09. The quantitative estimate of drug-likeness (QED) is 0.809. The normalized spacial score (nSPS) is 10.2. The van der Waals surface area contributed by atoms with E-state index in [2.05, 4.69) is 15.3 Å². The molecule has 2 rings (SSSR count). The van der Waals surface area contributed by atoms with Crippen LogP contribution in [0.5, 0.6) is 5.75 Å². The number of nitrogens with one attached hydrogen (secondary N) is 1. The second kappa shape index (κ2) is 6.94. The smallest absolute Gasteiger partial charge is 0.335 e. The fourth-order valence-electron chi connectivity index (χ4n) is 1.78. The van der Waals surface area contributed by atoms with E-state index in [-0.39, 0.29) is 28.3 Å². The number of benzene rings is 1. The van der Waals surface area contributed by atoms with Gasteiger partial charge >= 0.3 is 5.97 Å². The lowest BCUT2D eigenvalue weighted by atomic mass is 10.2. The number of halogens is 1. The van der Waals surface area contributed by atoms with Crippen molar-refractivity contribution in [2.24, 2.45) is 0 Å². The highest BCUT2D eigenvalue weighted by Gasteiger charge is 2.14. The van der Waals surface area contributed by atoms with Crippen LogP contribution in [0.15, 0.2) is 24.4 Å². The molecule has 0 aliphatic heterocycles. The number of aromatic carboxylic acids is 1. The van der Waals surface area contributed by atoms with Crippen molar-refractivity contribution in [3.8, 4) is 11.8 Å². The van der Waals surface area contributed by atoms with E-state index in [1.54, 1.807) is 6.07 Å². The number of hydrogen-bond acceptors (Lipinski definition) is 6. The Kier molecular flexibility index (Phi) is 4.98. The second-order valence-electron chi connectivity index (χ2n) is 4.82. The average molecular weight is 333 g/mol. The molecule has 0 atom stereocenters. The Morgan fingerprint density at radius 1 is 1.48 bits per heavy atom. The maximum atomic E-state index is 11.1. The molecular formula is C15H13ClN4O3. The summed E-state index contributed by atoms with van der Waals surface area (Å²) in [6, 6.07) is 6.32. The van der Waals surface area contributed by atoms with Gasteiger partial charge in [-0.2, -0.15) is 10.2 Å². The lowest BCUT2D eigenvalue weighted by Gasteiger charge is -2.16. The molecule has 2 aromatic rings. The number of nitriles is 1. The zero-order chi connectivity index (χ0) is 17.0. The monoisotopic (exact) mass is 332 g/mol. The van der Waals surface area contributed by atoms with Gasteiger partial charge < -0.3 is 15.2 Å². The molecule has 0 spiro atoms. The van der Waals surface area contributed by atoms with E-state index in [1.807, 2.05) is 19.9 Å². The van der Waals surface area contributed by atoms with Gasteiger partial charge in [-0.05, 0) is 43.6 Å². The average Bonchev–Trinajstić information content (AvgIpc) is 2.48. The van der Waals surface area contributed by atoms with Crippen LogP contribution < -0.4 is 10.1 Å². The van der Waals surface area contributed by atoms with Crippen molar-refractivity contribution in [2.75, 3.05) is 5.32 Å². The molecule has 7 nitrogen and oxygen atoms in total. The predicted octanol–water partition coefficient (Wildman–Crippen LogP) is 3.23. The topological polar surface area (TPSA) is 108 Å². The van der Waals surface area contributed by atoms with Gasteiger partial charge in [-0.3, -0.25) is 0 Å². The second-order valence-corrected chi connectivity index (χ2v) is 5.16. The fourth-order valence-corrected chi connectivity index (χ4v) is 1.91. The van der Waals surface area contributed by atoms with Gasteiger partial charge in [0.1, 0.15) is 17.4 Å². The van der Waals surface area contributed by atoms with E-state index in [4.69, 9.17) is 26.7 Å². The van der Waals surface area contributed by atoms with Gasteiger partial charge in [-0.1, -0.05) is 0 Å². The molecule has 23 heavy (non-hydrogen) atoms. The van der Waals surface area contributed by atoms with Crippen molar-refractivity contribution in [1.82, 2.24) is 9.97 Å². The van der Waals surface area contributed by atoms with Crippen LogP contribution in [0.1, 0.15) is 29.8 Å². The van der Waals surface area contributed by atoms with Crippen molar-refractivity contribution >= 4 is 29.1 Å². The summed E-state index contributed by atoms with van der Waals surface area (Å²) in [5, 5.41) is 21.1. The summed E-state index contributed by atoms with van der Waals surface area (Å²) in [6.07, 6.45) is 1.13. The van der Waals surface area contributed by atoms with E-state index < -0.39 is 5.97 Å². The van der Waals surface area contributed by atoms with Crippen LogP contribution in [0.25, 0.3) is 0 Å². The Balaban J connectivity index is 2.45. The minimum atomic E-state index is -1.06. The van der Waals surface area contributed by atoms with Gasteiger partial charge in [0.2, 0.25) is 5.28 Å². The highest BCUT2D eigenvalue weighted by molar-refractivity contribution is 6.28. The van der Waals surface area contributed by atoms with Crippen LogP contribution in [0.2, 0.25) is 5.28 Å². The van der Waals surface area contributed by atoms with E-state index in [1.165, 1.54) is 18.3 Å². The molecule has 118 valence electrons. The number of anilines is 2. The fraction of sp³-hybridized carbons (Fsp3) is 0.200. The number of aromatic nitrogens is 2. The molecule has 8 heteroatoms. The minimum absolute atomic E-state index is 0.0139. The summed E-state index contributed by atoms with van der Waals surface area (Å²) in [6.45, 7) is 3.64. The highest BCUT2D eigenvalue weighted by Crippen LogP contribution is 2.30. The maximum Gasteiger partial charge on any atom is 0.335 e. The van der Waals surface area contributed by atoms with E-state index in [9.17, 15) is 4.79 Å². The summed E-state index contributed by atoms with van der Waals surface area (Å²) >= 11 is 5.75. The molecule has 1 aromatic carbocycles. The van der Waals surface area contributed by atoms with Crippen LogP contribution in [-0.2, 0) is 0 Å². The number of hydrogen-bond donors (Lipinski definition) is 2. The molecule has 0 amide bonds. The Morgan fingerprint density at radius 3 is 2.83 bits per heavy atom. The van der Waals surface area contributed by atoms with Crippen molar-refractivity contribution < 1.29 is 14.6 Å². The third-order valence-corrected chi connectivity index (χ3v) is 2.91. The summed E-state index contributed by atoms with van der Waals surface area (Å²) in [5.74, 6) is -0.518. The molecule has 1 aromatic heterocycles. The first kappa shape index (κ1) is 16.5. The maximum absolute atomic E-state index is 11.1. The first-order chi connectivity index (χ1) is 10.9. The molecule has 0 saturated heterocycles. The molecule has 0 aliphatic carbocycles. The SMILES string of the molecule is CC(C)Oc1cc(C(=O)O)ccc1Nc1nc(Cl)ncc1C#N. The third kappa shape index (κ3) is 4.08. The number of carboxylic acid groups (broad SMARTS) is 1. The summed E-state index contributed by atoms with van der Waals surface area (Å²) in [7, 11) is 0. The van der Waals surface area contributed by atoms with Gasteiger partial charge in [-0.25, -0.2) is 9.78 Å². The van der Waals surface area contributed by atoms with Gasteiger partial charge in [-0.15, -0.1) is 0 Å². The Bertz CT molecular complexity index is 787. The van der Waals surface area contributed by atoms with Crippen LogP contribution in [0.4, 0.5) is 11.5 Å². The van der Waals surface area contributed by atoms with E-state index in [0.717, 1.165) is 0 Å². The van der Waals surface area contributed by atoms with Crippen molar-refractivity contribution in [2.45, 2.75) is 20.0 Å². The first-order valence-electron chi connectivity index (χ1n) is 6.64. The van der Waals surface area contributed by atoms with Crippen LogP contribution >= 0.6 is 11.6 Å². The molecule has 1 heterocycles. The van der Waals surface area contributed by atoms with Crippen LogP contribution in [0.3, 0.4) is 0 Å². The zero-order valence-electron chi connectivity index (χ0n) is 12.4. The number of ether oxygens (including phenoxy) is 1. The third-order valence-electron chi connectivity index (χ3n) is 2.72. The lowest BCUT2D eigenvalue weighted by molar-refractivity contribution is 0.0696. The van der Waals surface area contributed by atoms with Gasteiger partial charge in [0.15, 0.2) is 5.82 Å². The number of rotatable bonds is 5. The number of carboxylic acids is 1. The van der Waals surface area contributed by atoms with Gasteiger partial charge in [0.25, 0.3) is 0 Å². The summed E-state index contributed by atoms with van der Waals surface area (Å²) in [5.41, 5.74) is 0.759. The predicted molar refractivity (Wildman–Crippen MR) is 84.2 cm³/mol. The molecule has 0 saturated carbocycles. The van der Waals surface area contributed by atoms with Crippen molar-refractivity contribution in [1.29, 1.82) is 5.26 Å². The van der Waals surface area contributed by atoms with Gasteiger partial charge in [0.05, 0.1) is 23.6 Å². The molecular weight excluding hydrogens is 320 g/mol. The van der Waals surface area contributed by atoms with E-state index >= 15 is 0 Å². The molecule has 0 radical (unpaired) electrons. The van der Waals surface area contributed by atoms with E-state index in [0.29, 0.717) is 11.4 Å². The Labute approximate surface area is 137 Å². The zero-order valence-corrected chi connectivity index (χ0v) is 13.1.